The van der Waals surface area contributed by atoms with E-state index < -0.39 is 0 Å². The van der Waals surface area contributed by atoms with Gasteiger partial charge in [-0.25, -0.2) is 4.79 Å². The van der Waals surface area contributed by atoms with E-state index in [1.165, 1.54) is 24.2 Å². The van der Waals surface area contributed by atoms with Crippen molar-refractivity contribution in [3.05, 3.63) is 0 Å². The van der Waals surface area contributed by atoms with Crippen molar-refractivity contribution in [3.63, 3.8) is 0 Å². The number of amides is 4. The summed E-state index contributed by atoms with van der Waals surface area (Å²) in [6.07, 6.45) is 6.40. The van der Waals surface area contributed by atoms with E-state index >= 15 is 0 Å². The Kier molecular flexibility index (Phi) is 3.63. The van der Waals surface area contributed by atoms with Crippen LogP contribution in [0, 0.1) is 0 Å². The Labute approximate surface area is 118 Å². The Morgan fingerprint density at radius 3 is 2.20 bits per heavy atom. The molecule has 3 fully saturated rings. The van der Waals surface area contributed by atoms with E-state index in [9.17, 15) is 14.4 Å². The number of urea groups is 1. The molecule has 0 atom stereocenters. The third kappa shape index (κ3) is 2.51. The molecule has 110 valence electrons. The van der Waals surface area contributed by atoms with Crippen molar-refractivity contribution in [3.8, 4) is 0 Å². The lowest BCUT2D eigenvalue weighted by Gasteiger charge is -2.43. The van der Waals surface area contributed by atoms with Gasteiger partial charge in [-0.1, -0.05) is 19.3 Å². The van der Waals surface area contributed by atoms with Crippen molar-refractivity contribution in [2.45, 2.75) is 57.0 Å². The van der Waals surface area contributed by atoms with Crippen LogP contribution in [0.2, 0.25) is 0 Å². The van der Waals surface area contributed by atoms with E-state index in [2.05, 4.69) is 5.32 Å². The summed E-state index contributed by atoms with van der Waals surface area (Å²) in [6, 6.07) is 0.146. The topological polar surface area (TPSA) is 69.7 Å². The van der Waals surface area contributed by atoms with Crippen LogP contribution in [0.5, 0.6) is 0 Å². The third-order valence-corrected chi connectivity index (χ3v) is 4.54. The van der Waals surface area contributed by atoms with Gasteiger partial charge in [0.15, 0.2) is 0 Å². The second kappa shape index (κ2) is 5.42. The molecule has 3 aliphatic rings. The summed E-state index contributed by atoms with van der Waals surface area (Å²) in [6.45, 7) is 0.964. The molecule has 1 N–H and O–H groups in total. The largest absolute Gasteiger partial charge is 0.335 e. The predicted molar refractivity (Wildman–Crippen MR) is 71.9 cm³/mol. The predicted octanol–water partition coefficient (Wildman–Crippen LogP) is 0.862. The van der Waals surface area contributed by atoms with Crippen molar-refractivity contribution in [2.75, 3.05) is 13.1 Å². The molecule has 0 spiro atoms. The summed E-state index contributed by atoms with van der Waals surface area (Å²) in [5, 5.41) is 3.05. The zero-order valence-electron chi connectivity index (χ0n) is 11.6. The van der Waals surface area contributed by atoms with Crippen molar-refractivity contribution < 1.29 is 14.4 Å². The highest BCUT2D eigenvalue weighted by atomic mass is 16.2. The minimum absolute atomic E-state index is 0.0488. The summed E-state index contributed by atoms with van der Waals surface area (Å²) >= 11 is 0. The maximum Gasteiger partial charge on any atom is 0.317 e. The number of imide groups is 1. The average molecular weight is 279 g/mol. The number of carbonyl (C=O) groups is 3. The summed E-state index contributed by atoms with van der Waals surface area (Å²) in [5.41, 5.74) is 0. The van der Waals surface area contributed by atoms with Crippen LogP contribution in [-0.4, -0.2) is 52.8 Å². The molecule has 1 aliphatic carbocycles. The molecular formula is C14H21N3O3. The number of hydrogen-bond acceptors (Lipinski definition) is 3. The Hall–Kier alpha value is -1.59. The van der Waals surface area contributed by atoms with Gasteiger partial charge >= 0.3 is 6.03 Å². The fraction of sp³-hybridized carbons (Fsp3) is 0.786. The fourth-order valence-electron chi connectivity index (χ4n) is 3.30. The van der Waals surface area contributed by atoms with Crippen molar-refractivity contribution in [1.29, 1.82) is 0 Å². The number of carbonyl (C=O) groups excluding carboxylic acids is 3. The highest BCUT2D eigenvalue weighted by molar-refractivity contribution is 6.02. The zero-order valence-corrected chi connectivity index (χ0v) is 11.6. The standard InChI is InChI=1S/C14H21N3O3/c18-12-6-7-13(19)17(12)11-8-16(9-11)14(20)15-10-4-2-1-3-5-10/h10-11H,1-9H2,(H,15,20). The number of hydrogen-bond donors (Lipinski definition) is 1. The molecule has 6 heteroatoms. The second-order valence-electron chi connectivity index (χ2n) is 6.00. The Morgan fingerprint density at radius 2 is 1.60 bits per heavy atom. The third-order valence-electron chi connectivity index (χ3n) is 4.54. The Balaban J connectivity index is 1.46. The normalized spacial score (nSPS) is 25.0. The van der Waals surface area contributed by atoms with E-state index in [4.69, 9.17) is 0 Å². The van der Waals surface area contributed by atoms with Crippen LogP contribution in [-0.2, 0) is 9.59 Å². The van der Waals surface area contributed by atoms with Crippen molar-refractivity contribution in [2.24, 2.45) is 0 Å². The molecule has 2 aliphatic heterocycles. The Bertz CT molecular complexity index is 409. The molecule has 4 amide bonds. The van der Waals surface area contributed by atoms with Crippen LogP contribution in [0.15, 0.2) is 0 Å². The molecule has 20 heavy (non-hydrogen) atoms. The molecule has 3 rings (SSSR count). The molecule has 0 bridgehead atoms. The van der Waals surface area contributed by atoms with Crippen molar-refractivity contribution >= 4 is 17.8 Å². The van der Waals surface area contributed by atoms with Gasteiger partial charge in [0.1, 0.15) is 0 Å². The molecule has 2 heterocycles. The summed E-state index contributed by atoms with van der Waals surface area (Å²) in [5.74, 6) is -0.181. The van der Waals surface area contributed by atoms with E-state index in [-0.39, 0.29) is 23.9 Å². The van der Waals surface area contributed by atoms with Crippen LogP contribution in [0.4, 0.5) is 4.79 Å². The maximum atomic E-state index is 12.0. The molecule has 0 aromatic heterocycles. The van der Waals surface area contributed by atoms with E-state index in [0.717, 1.165) is 12.8 Å². The van der Waals surface area contributed by atoms with Gasteiger partial charge in [0.2, 0.25) is 11.8 Å². The quantitative estimate of drug-likeness (QED) is 0.762. The first kappa shape index (κ1) is 13.4. The van der Waals surface area contributed by atoms with Gasteiger partial charge in [-0.05, 0) is 12.8 Å². The van der Waals surface area contributed by atoms with Gasteiger partial charge in [0.05, 0.1) is 6.04 Å². The van der Waals surface area contributed by atoms with Crippen LogP contribution in [0.3, 0.4) is 0 Å². The van der Waals surface area contributed by atoms with Crippen molar-refractivity contribution in [1.82, 2.24) is 15.1 Å². The first-order valence-electron chi connectivity index (χ1n) is 7.55. The van der Waals surface area contributed by atoms with E-state index in [1.54, 1.807) is 4.90 Å². The Morgan fingerprint density at radius 1 is 1.00 bits per heavy atom. The summed E-state index contributed by atoms with van der Waals surface area (Å²) in [7, 11) is 0. The monoisotopic (exact) mass is 279 g/mol. The highest BCUT2D eigenvalue weighted by Crippen LogP contribution is 2.23. The number of nitrogens with zero attached hydrogens (tertiary/aromatic N) is 2. The number of rotatable bonds is 2. The summed E-state index contributed by atoms with van der Waals surface area (Å²) < 4.78 is 0. The molecule has 0 aromatic rings. The molecular weight excluding hydrogens is 258 g/mol. The lowest BCUT2D eigenvalue weighted by Crippen LogP contribution is -2.64. The first-order chi connectivity index (χ1) is 9.65. The summed E-state index contributed by atoms with van der Waals surface area (Å²) in [4.78, 5) is 38.3. The van der Waals surface area contributed by atoms with Gasteiger partial charge in [-0.2, -0.15) is 0 Å². The van der Waals surface area contributed by atoms with Crippen LogP contribution in [0.25, 0.3) is 0 Å². The van der Waals surface area contributed by atoms with Crippen LogP contribution >= 0.6 is 0 Å². The zero-order chi connectivity index (χ0) is 14.1. The molecule has 2 saturated heterocycles. The van der Waals surface area contributed by atoms with Gasteiger partial charge in [0.25, 0.3) is 0 Å². The minimum Gasteiger partial charge on any atom is -0.335 e. The van der Waals surface area contributed by atoms with Gasteiger partial charge < -0.3 is 10.2 Å². The second-order valence-corrected chi connectivity index (χ2v) is 6.00. The van der Waals surface area contributed by atoms with E-state index in [1.807, 2.05) is 0 Å². The SMILES string of the molecule is O=C(NC1CCCCC1)N1CC(N2C(=O)CCC2=O)C1. The van der Waals surface area contributed by atoms with Gasteiger partial charge in [-0.3, -0.25) is 14.5 Å². The number of likely N-dealkylation sites (tertiary alicyclic amines) is 2. The van der Waals surface area contributed by atoms with E-state index in [0.29, 0.717) is 32.0 Å². The lowest BCUT2D eigenvalue weighted by molar-refractivity contribution is -0.144. The first-order valence-corrected chi connectivity index (χ1v) is 7.55. The average Bonchev–Trinajstić information content (AvgIpc) is 2.70. The van der Waals surface area contributed by atoms with Crippen LogP contribution < -0.4 is 5.32 Å². The fourth-order valence-corrected chi connectivity index (χ4v) is 3.30. The van der Waals surface area contributed by atoms with Crippen LogP contribution in [0.1, 0.15) is 44.9 Å². The number of nitrogens with one attached hydrogen (secondary N) is 1. The molecule has 6 nitrogen and oxygen atoms in total. The molecule has 1 saturated carbocycles. The smallest absolute Gasteiger partial charge is 0.317 e. The lowest BCUT2D eigenvalue weighted by atomic mass is 9.95. The van der Waals surface area contributed by atoms with Gasteiger partial charge in [0, 0.05) is 32.0 Å². The minimum atomic E-state index is -0.102. The molecule has 0 radical (unpaired) electrons. The van der Waals surface area contributed by atoms with Gasteiger partial charge in [-0.15, -0.1) is 0 Å². The molecule has 0 aromatic carbocycles. The molecule has 0 unspecified atom stereocenters. The highest BCUT2D eigenvalue weighted by Gasteiger charge is 2.42. The maximum absolute atomic E-state index is 12.0.